The van der Waals surface area contributed by atoms with Crippen LogP contribution < -0.4 is 0 Å². The topological polar surface area (TPSA) is 44.8 Å². The third-order valence-corrected chi connectivity index (χ3v) is 1.25. The lowest BCUT2D eigenvalue weighted by molar-refractivity contribution is -0.526. The Morgan fingerprint density at radius 3 is 2.00 bits per heavy atom. The van der Waals surface area contributed by atoms with E-state index in [9.17, 15) is 35.5 Å². The Morgan fingerprint density at radius 1 is 1.05 bits per heavy atom. The van der Waals surface area contributed by atoms with Gasteiger partial charge in [-0.2, -0.15) is 13.5 Å². The fraction of sp³-hybridized carbons (Fsp3) is 0.625. The molecule has 0 fully saturated rings. The summed E-state index contributed by atoms with van der Waals surface area (Å²) in [6.07, 6.45) is -16.4. The number of hydrogen-bond donors (Lipinski definition) is 0. The van der Waals surface area contributed by atoms with Crippen molar-refractivity contribution in [1.29, 1.82) is 0 Å². The summed E-state index contributed by atoms with van der Waals surface area (Å²) in [7, 11) is 0. The van der Waals surface area contributed by atoms with Crippen LogP contribution in [0.1, 0.15) is 6.92 Å². The minimum Gasteiger partial charge on any atom is -0.501 e. The van der Waals surface area contributed by atoms with Crippen LogP contribution in [0, 0.1) is 0 Å². The molecule has 0 spiro atoms. The predicted molar refractivity (Wildman–Crippen MR) is 43.9 cm³/mol. The molecule has 0 unspecified atom stereocenters. The third kappa shape index (κ3) is 7.62. The summed E-state index contributed by atoms with van der Waals surface area (Å²) in [6, 6.07) is 0. The molecule has 0 saturated carbocycles. The molecular weight excluding hydrogens is 293 g/mol. The predicted octanol–water partition coefficient (Wildman–Crippen LogP) is 2.80. The Bertz CT molecular complexity index is 336. The van der Waals surface area contributed by atoms with Gasteiger partial charge in [-0.15, -0.1) is 22.0 Å². The third-order valence-electron chi connectivity index (χ3n) is 1.25. The quantitative estimate of drug-likeness (QED) is 0.314. The number of ether oxygens (including phenoxy) is 3. The molecule has 0 aliphatic rings. The second-order valence-electron chi connectivity index (χ2n) is 2.75. The zero-order chi connectivity index (χ0) is 15.3. The summed E-state index contributed by atoms with van der Waals surface area (Å²) in [4.78, 5) is 10.7. The highest BCUT2D eigenvalue weighted by molar-refractivity contribution is 5.94. The molecule has 4 nitrogen and oxygen atoms in total. The first kappa shape index (κ1) is 17.6. The van der Waals surface area contributed by atoms with Gasteiger partial charge in [-0.05, 0) is 6.92 Å². The summed E-state index contributed by atoms with van der Waals surface area (Å²) < 4.78 is 93.1. The van der Waals surface area contributed by atoms with Gasteiger partial charge in [-0.25, -0.2) is 4.74 Å². The van der Waals surface area contributed by atoms with E-state index in [4.69, 9.17) is 0 Å². The smallest absolute Gasteiger partial charge is 0.501 e. The van der Waals surface area contributed by atoms with Crippen LogP contribution in [0.3, 0.4) is 0 Å². The largest absolute Gasteiger partial charge is 0.529 e. The van der Waals surface area contributed by atoms with Crippen LogP contribution in [0.4, 0.5) is 30.7 Å². The van der Waals surface area contributed by atoms with E-state index >= 15 is 0 Å². The highest BCUT2D eigenvalue weighted by atomic mass is 19.4. The lowest BCUT2D eigenvalue weighted by Crippen LogP contribution is -2.42. The first-order valence-corrected chi connectivity index (χ1v) is 4.45. The number of rotatable bonds is 7. The van der Waals surface area contributed by atoms with E-state index < -0.39 is 24.5 Å². The summed E-state index contributed by atoms with van der Waals surface area (Å²) in [6.45, 7) is 1.42. The van der Waals surface area contributed by atoms with Crippen molar-refractivity contribution in [1.82, 2.24) is 0 Å². The van der Waals surface area contributed by atoms with E-state index in [1.807, 2.05) is 4.74 Å². The number of ketones is 1. The van der Waals surface area contributed by atoms with Gasteiger partial charge in [0.05, 0.1) is 12.9 Å². The second kappa shape index (κ2) is 6.19. The molecule has 0 bridgehead atoms. The van der Waals surface area contributed by atoms with Crippen LogP contribution >= 0.6 is 0 Å². The molecule has 0 aromatic rings. The SMILES string of the molecule is CCO/C=C/C(=O)C(F)(F)OC(F)(F)OC(F)(F)F. The van der Waals surface area contributed by atoms with Crippen LogP contribution in [0.5, 0.6) is 0 Å². The molecular formula is C8H7F7O4. The maximum absolute atomic E-state index is 12.7. The Labute approximate surface area is 101 Å². The number of alkyl halides is 7. The van der Waals surface area contributed by atoms with Gasteiger partial charge < -0.3 is 4.74 Å². The zero-order valence-corrected chi connectivity index (χ0v) is 9.14. The van der Waals surface area contributed by atoms with Crippen molar-refractivity contribution < 1.29 is 49.7 Å². The van der Waals surface area contributed by atoms with Gasteiger partial charge in [-0.3, -0.25) is 4.79 Å². The molecule has 0 radical (unpaired) electrons. The maximum atomic E-state index is 12.7. The molecule has 0 atom stereocenters. The summed E-state index contributed by atoms with van der Waals surface area (Å²) in [5, 5.41) is 0. The number of hydrogen-bond acceptors (Lipinski definition) is 4. The summed E-state index contributed by atoms with van der Waals surface area (Å²) >= 11 is 0. The van der Waals surface area contributed by atoms with Gasteiger partial charge in [0.25, 0.3) is 5.78 Å². The van der Waals surface area contributed by atoms with E-state index in [1.165, 1.54) is 6.92 Å². The maximum Gasteiger partial charge on any atom is 0.529 e. The van der Waals surface area contributed by atoms with Gasteiger partial charge >= 0.3 is 18.8 Å². The molecule has 19 heavy (non-hydrogen) atoms. The Balaban J connectivity index is 4.70. The van der Waals surface area contributed by atoms with Gasteiger partial charge in [0.2, 0.25) is 0 Å². The van der Waals surface area contributed by atoms with Crippen LogP contribution in [-0.4, -0.2) is 31.2 Å². The van der Waals surface area contributed by atoms with Crippen molar-refractivity contribution in [2.24, 2.45) is 0 Å². The molecule has 0 saturated heterocycles. The van der Waals surface area contributed by atoms with Gasteiger partial charge in [0.15, 0.2) is 0 Å². The van der Waals surface area contributed by atoms with E-state index in [1.54, 1.807) is 0 Å². The van der Waals surface area contributed by atoms with Crippen LogP contribution in [0.15, 0.2) is 12.3 Å². The van der Waals surface area contributed by atoms with Crippen molar-refractivity contribution in [3.8, 4) is 0 Å². The van der Waals surface area contributed by atoms with Crippen LogP contribution in [-0.2, 0) is 19.0 Å². The molecule has 0 aliphatic heterocycles. The molecule has 0 aromatic carbocycles. The zero-order valence-electron chi connectivity index (χ0n) is 9.14. The van der Waals surface area contributed by atoms with Gasteiger partial charge in [0.1, 0.15) is 0 Å². The molecule has 11 heteroatoms. The van der Waals surface area contributed by atoms with Crippen LogP contribution in [0.2, 0.25) is 0 Å². The fourth-order valence-electron chi connectivity index (χ4n) is 0.658. The minimum absolute atomic E-state index is 0.0104. The number of carbonyl (C=O) groups is 1. The Kier molecular flexibility index (Phi) is 5.75. The first-order chi connectivity index (χ1) is 8.40. The molecule has 0 heterocycles. The Hall–Kier alpha value is -1.36. The lowest BCUT2D eigenvalue weighted by Gasteiger charge is -2.21. The Morgan fingerprint density at radius 2 is 1.58 bits per heavy atom. The van der Waals surface area contributed by atoms with Crippen molar-refractivity contribution in [2.75, 3.05) is 6.61 Å². The van der Waals surface area contributed by atoms with Gasteiger partial charge in [0, 0.05) is 6.08 Å². The number of halogens is 7. The van der Waals surface area contributed by atoms with E-state index in [0.717, 1.165) is 0 Å². The van der Waals surface area contributed by atoms with Crippen molar-refractivity contribution in [3.05, 3.63) is 12.3 Å². The molecule has 0 N–H and O–H groups in total. The summed E-state index contributed by atoms with van der Waals surface area (Å²) in [5.74, 6) is -2.34. The molecule has 0 aliphatic carbocycles. The van der Waals surface area contributed by atoms with E-state index in [-0.39, 0.29) is 12.7 Å². The molecule has 112 valence electrons. The first-order valence-electron chi connectivity index (χ1n) is 4.45. The van der Waals surface area contributed by atoms with Crippen molar-refractivity contribution >= 4 is 5.78 Å². The molecule has 0 amide bonds. The fourth-order valence-corrected chi connectivity index (χ4v) is 0.658. The number of carbonyl (C=O) groups excluding carboxylic acids is 1. The van der Waals surface area contributed by atoms with E-state index in [2.05, 4.69) is 9.47 Å². The van der Waals surface area contributed by atoms with Crippen molar-refractivity contribution in [2.45, 2.75) is 25.7 Å². The standard InChI is InChI=1S/C8H7F7O4/c1-2-17-4-3-5(16)6(9,10)18-8(14,15)19-7(11,12)13/h3-4H,2H2,1H3/b4-3+. The minimum atomic E-state index is -5.93. The second-order valence-corrected chi connectivity index (χ2v) is 2.75. The monoisotopic (exact) mass is 300 g/mol. The average molecular weight is 300 g/mol. The molecule has 0 aromatic heterocycles. The average Bonchev–Trinajstić information content (AvgIpc) is 2.11. The van der Waals surface area contributed by atoms with E-state index in [0.29, 0.717) is 6.26 Å². The molecule has 0 rings (SSSR count). The van der Waals surface area contributed by atoms with Gasteiger partial charge in [-0.1, -0.05) is 0 Å². The normalized spacial score (nSPS) is 13.9. The highest BCUT2D eigenvalue weighted by Gasteiger charge is 2.55. The highest BCUT2D eigenvalue weighted by Crippen LogP contribution is 2.34. The lowest BCUT2D eigenvalue weighted by atomic mass is 10.3. The van der Waals surface area contributed by atoms with Crippen molar-refractivity contribution in [3.63, 3.8) is 0 Å². The summed E-state index contributed by atoms with van der Waals surface area (Å²) in [5.41, 5.74) is 0. The van der Waals surface area contributed by atoms with Crippen LogP contribution in [0.25, 0.3) is 0 Å².